The molecule has 2 rings (SSSR count). The van der Waals surface area contributed by atoms with Gasteiger partial charge in [-0.3, -0.25) is 4.79 Å². The second-order valence-corrected chi connectivity index (χ2v) is 5.55. The smallest absolute Gasteiger partial charge is 0.222 e. The van der Waals surface area contributed by atoms with Gasteiger partial charge in [0, 0.05) is 39.2 Å². The molecular weight excluding hydrogens is 232 g/mol. The number of β-amino-alcohol motifs (C(OH)–C–C–N with tert-alkyl or cyclic N) is 1. The number of amides is 1. The van der Waals surface area contributed by atoms with Gasteiger partial charge in [-0.2, -0.15) is 0 Å². The first kappa shape index (κ1) is 13.8. The van der Waals surface area contributed by atoms with E-state index in [2.05, 4.69) is 4.90 Å². The Morgan fingerprint density at radius 3 is 2.78 bits per heavy atom. The van der Waals surface area contributed by atoms with Crippen LogP contribution < -0.4 is 0 Å². The standard InChI is InChI=1S/C13H24N2O3/c16-10-11-3-1-5-14(7-11)8-12(17)9-15-6-2-4-13(15)18/h11-12,16-17H,1-10H2. The molecule has 2 N–H and O–H groups in total. The number of carbonyl (C=O) groups excluding carboxylic acids is 1. The fraction of sp³-hybridized carbons (Fsp3) is 0.923. The zero-order valence-corrected chi connectivity index (χ0v) is 10.9. The van der Waals surface area contributed by atoms with E-state index in [4.69, 9.17) is 5.11 Å². The summed E-state index contributed by atoms with van der Waals surface area (Å²) in [7, 11) is 0. The van der Waals surface area contributed by atoms with Crippen LogP contribution in [0.1, 0.15) is 25.7 Å². The summed E-state index contributed by atoms with van der Waals surface area (Å²) < 4.78 is 0. The predicted molar refractivity (Wildman–Crippen MR) is 68.1 cm³/mol. The zero-order valence-electron chi connectivity index (χ0n) is 10.9. The molecule has 5 heteroatoms. The molecule has 0 radical (unpaired) electrons. The van der Waals surface area contributed by atoms with Crippen LogP contribution in [0.3, 0.4) is 0 Å². The van der Waals surface area contributed by atoms with Crippen LogP contribution in [0.5, 0.6) is 0 Å². The van der Waals surface area contributed by atoms with E-state index in [-0.39, 0.29) is 12.5 Å². The number of carbonyl (C=O) groups is 1. The van der Waals surface area contributed by atoms with E-state index in [9.17, 15) is 9.90 Å². The Hall–Kier alpha value is -0.650. The predicted octanol–water partition coefficient (Wildman–Crippen LogP) is -0.326. The number of hydrogen-bond acceptors (Lipinski definition) is 4. The lowest BCUT2D eigenvalue weighted by Gasteiger charge is -2.33. The lowest BCUT2D eigenvalue weighted by Crippen LogP contribution is -2.44. The summed E-state index contributed by atoms with van der Waals surface area (Å²) in [6, 6.07) is 0. The number of likely N-dealkylation sites (tertiary alicyclic amines) is 2. The van der Waals surface area contributed by atoms with E-state index in [1.165, 1.54) is 0 Å². The first-order valence-corrected chi connectivity index (χ1v) is 6.98. The van der Waals surface area contributed by atoms with Crippen LogP contribution in [0.2, 0.25) is 0 Å². The number of rotatable bonds is 5. The highest BCUT2D eigenvalue weighted by Crippen LogP contribution is 2.16. The van der Waals surface area contributed by atoms with Crippen molar-refractivity contribution in [3.63, 3.8) is 0 Å². The molecule has 104 valence electrons. The summed E-state index contributed by atoms with van der Waals surface area (Å²) in [5.41, 5.74) is 0. The highest BCUT2D eigenvalue weighted by atomic mass is 16.3. The van der Waals surface area contributed by atoms with Gasteiger partial charge in [0.05, 0.1) is 6.10 Å². The molecule has 5 nitrogen and oxygen atoms in total. The van der Waals surface area contributed by atoms with Crippen molar-refractivity contribution in [1.29, 1.82) is 0 Å². The van der Waals surface area contributed by atoms with E-state index in [0.717, 1.165) is 38.9 Å². The summed E-state index contributed by atoms with van der Waals surface area (Å²) >= 11 is 0. The Balaban J connectivity index is 1.73. The molecular formula is C13H24N2O3. The maximum Gasteiger partial charge on any atom is 0.222 e. The van der Waals surface area contributed by atoms with E-state index < -0.39 is 6.10 Å². The second-order valence-electron chi connectivity index (χ2n) is 5.55. The summed E-state index contributed by atoms with van der Waals surface area (Å²) in [6.07, 6.45) is 3.24. The third-order valence-corrected chi connectivity index (χ3v) is 3.93. The fourth-order valence-corrected chi connectivity index (χ4v) is 2.97. The third-order valence-electron chi connectivity index (χ3n) is 3.93. The van der Waals surface area contributed by atoms with Crippen LogP contribution in [-0.2, 0) is 4.79 Å². The monoisotopic (exact) mass is 256 g/mol. The summed E-state index contributed by atoms with van der Waals surface area (Å²) in [6.45, 7) is 3.94. The van der Waals surface area contributed by atoms with E-state index in [1.807, 2.05) is 0 Å². The van der Waals surface area contributed by atoms with Gasteiger partial charge in [0.1, 0.15) is 0 Å². The normalized spacial score (nSPS) is 27.8. The lowest BCUT2D eigenvalue weighted by atomic mass is 9.99. The molecule has 0 bridgehead atoms. The van der Waals surface area contributed by atoms with Crippen LogP contribution in [0.4, 0.5) is 0 Å². The highest BCUT2D eigenvalue weighted by molar-refractivity contribution is 5.78. The topological polar surface area (TPSA) is 64.0 Å². The molecule has 1 amide bonds. The molecule has 0 spiro atoms. The SMILES string of the molecule is O=C1CCCN1CC(O)CN1CCCC(CO)C1. The van der Waals surface area contributed by atoms with Crippen LogP contribution >= 0.6 is 0 Å². The Kier molecular flexibility index (Phi) is 4.97. The van der Waals surface area contributed by atoms with E-state index in [1.54, 1.807) is 4.90 Å². The average Bonchev–Trinajstić information content (AvgIpc) is 2.75. The number of hydrogen-bond donors (Lipinski definition) is 2. The summed E-state index contributed by atoms with van der Waals surface area (Å²) in [5.74, 6) is 0.514. The van der Waals surface area contributed by atoms with Crippen molar-refractivity contribution in [2.75, 3.05) is 39.3 Å². The van der Waals surface area contributed by atoms with Crippen molar-refractivity contribution < 1.29 is 15.0 Å². The van der Waals surface area contributed by atoms with Gasteiger partial charge < -0.3 is 20.0 Å². The molecule has 0 aromatic heterocycles. The maximum absolute atomic E-state index is 11.5. The Morgan fingerprint density at radius 2 is 2.11 bits per heavy atom. The molecule has 0 aromatic rings. The molecule has 0 aromatic carbocycles. The largest absolute Gasteiger partial charge is 0.396 e. The maximum atomic E-state index is 11.5. The van der Waals surface area contributed by atoms with Gasteiger partial charge in [0.15, 0.2) is 0 Å². The number of aliphatic hydroxyl groups is 2. The van der Waals surface area contributed by atoms with Crippen LogP contribution in [0, 0.1) is 5.92 Å². The molecule has 18 heavy (non-hydrogen) atoms. The van der Waals surface area contributed by atoms with Crippen molar-refractivity contribution in [2.24, 2.45) is 5.92 Å². The third kappa shape index (κ3) is 3.67. The van der Waals surface area contributed by atoms with Crippen molar-refractivity contribution in [3.8, 4) is 0 Å². The molecule has 0 aliphatic carbocycles. The number of nitrogens with zero attached hydrogens (tertiary/aromatic N) is 2. The van der Waals surface area contributed by atoms with Crippen molar-refractivity contribution in [2.45, 2.75) is 31.8 Å². The summed E-state index contributed by atoms with van der Waals surface area (Å²) in [5, 5.41) is 19.2. The van der Waals surface area contributed by atoms with E-state index >= 15 is 0 Å². The van der Waals surface area contributed by atoms with Crippen LogP contribution in [-0.4, -0.2) is 71.4 Å². The average molecular weight is 256 g/mol. The quantitative estimate of drug-likeness (QED) is 0.707. The number of piperidine rings is 1. The van der Waals surface area contributed by atoms with Crippen molar-refractivity contribution in [1.82, 2.24) is 9.80 Å². The first-order valence-electron chi connectivity index (χ1n) is 6.98. The molecule has 2 heterocycles. The lowest BCUT2D eigenvalue weighted by molar-refractivity contribution is -0.129. The minimum atomic E-state index is -0.468. The molecule has 2 aliphatic heterocycles. The minimum absolute atomic E-state index is 0.168. The van der Waals surface area contributed by atoms with Crippen molar-refractivity contribution in [3.05, 3.63) is 0 Å². The fourth-order valence-electron chi connectivity index (χ4n) is 2.97. The molecule has 2 unspecified atom stereocenters. The second kappa shape index (κ2) is 6.50. The minimum Gasteiger partial charge on any atom is -0.396 e. The first-order chi connectivity index (χ1) is 8.69. The van der Waals surface area contributed by atoms with Gasteiger partial charge in [-0.05, 0) is 31.7 Å². The Labute approximate surface area is 108 Å². The van der Waals surface area contributed by atoms with Crippen molar-refractivity contribution >= 4 is 5.91 Å². The zero-order chi connectivity index (χ0) is 13.0. The van der Waals surface area contributed by atoms with Gasteiger partial charge in [-0.15, -0.1) is 0 Å². The van der Waals surface area contributed by atoms with Gasteiger partial charge in [-0.25, -0.2) is 0 Å². The Bertz CT molecular complexity index is 285. The number of aliphatic hydroxyl groups excluding tert-OH is 2. The molecule has 2 aliphatic rings. The van der Waals surface area contributed by atoms with Gasteiger partial charge >= 0.3 is 0 Å². The van der Waals surface area contributed by atoms with Crippen LogP contribution in [0.25, 0.3) is 0 Å². The van der Waals surface area contributed by atoms with Gasteiger partial charge in [0.25, 0.3) is 0 Å². The summed E-state index contributed by atoms with van der Waals surface area (Å²) in [4.78, 5) is 15.4. The molecule has 2 atom stereocenters. The molecule has 2 saturated heterocycles. The highest BCUT2D eigenvalue weighted by Gasteiger charge is 2.25. The van der Waals surface area contributed by atoms with Gasteiger partial charge in [-0.1, -0.05) is 0 Å². The van der Waals surface area contributed by atoms with Gasteiger partial charge in [0.2, 0.25) is 5.91 Å². The molecule has 0 saturated carbocycles. The Morgan fingerprint density at radius 1 is 1.28 bits per heavy atom. The van der Waals surface area contributed by atoms with Crippen LogP contribution in [0.15, 0.2) is 0 Å². The van der Waals surface area contributed by atoms with E-state index in [0.29, 0.717) is 25.4 Å². The molecule has 2 fully saturated rings.